The molecule has 6 nitrogen and oxygen atoms in total. The Labute approximate surface area is 140 Å². The number of nitrogens with one attached hydrogen (secondary N) is 2. The van der Waals surface area contributed by atoms with Crippen LogP contribution < -0.4 is 10.6 Å². The number of hydrogen-bond acceptors (Lipinski definition) is 4. The first-order valence-corrected chi connectivity index (χ1v) is 7.13. The van der Waals surface area contributed by atoms with Crippen molar-refractivity contribution in [2.75, 3.05) is 32.1 Å². The molecule has 0 spiro atoms. The number of nitrogens with zero attached hydrogens (tertiary/aromatic N) is 1. The maximum absolute atomic E-state index is 13.1. The molecular formula is C15H21ClFN3O3. The summed E-state index contributed by atoms with van der Waals surface area (Å²) >= 11 is 0. The maximum atomic E-state index is 13.1. The fourth-order valence-electron chi connectivity index (χ4n) is 2.31. The summed E-state index contributed by atoms with van der Waals surface area (Å²) in [7, 11) is 1.55. The van der Waals surface area contributed by atoms with Crippen molar-refractivity contribution in [3.63, 3.8) is 0 Å². The van der Waals surface area contributed by atoms with Crippen molar-refractivity contribution in [1.82, 2.24) is 10.2 Å². The summed E-state index contributed by atoms with van der Waals surface area (Å²) in [6, 6.07) is 5.15. The lowest BCUT2D eigenvalue weighted by Gasteiger charge is -2.32. The van der Waals surface area contributed by atoms with Gasteiger partial charge in [0.25, 0.3) is 0 Å². The number of hydrogen-bond donors (Lipinski definition) is 2. The SMILES string of the molecule is C[C@H]1OCCN[C@@H]1C(=O)N(C)CC(=O)Nc1cccc(F)c1.Cl. The Morgan fingerprint density at radius 3 is 2.87 bits per heavy atom. The third kappa shape index (κ3) is 5.46. The second kappa shape index (κ2) is 8.81. The zero-order valence-corrected chi connectivity index (χ0v) is 13.9. The van der Waals surface area contributed by atoms with Crippen LogP contribution in [0.2, 0.25) is 0 Å². The van der Waals surface area contributed by atoms with Crippen molar-refractivity contribution in [2.24, 2.45) is 0 Å². The van der Waals surface area contributed by atoms with E-state index in [1.165, 1.54) is 23.1 Å². The standard InChI is InChI=1S/C15H20FN3O3.ClH/c1-10-14(17-6-7-22-10)15(21)19(2)9-13(20)18-12-5-3-4-11(16)8-12;/h3-5,8,10,14,17H,6-7,9H2,1-2H3,(H,18,20);1H/t10-,14+;/m1./s1. The smallest absolute Gasteiger partial charge is 0.243 e. The third-order valence-corrected chi connectivity index (χ3v) is 3.45. The van der Waals surface area contributed by atoms with Crippen LogP contribution in [0.25, 0.3) is 0 Å². The van der Waals surface area contributed by atoms with E-state index in [0.29, 0.717) is 18.8 Å². The van der Waals surface area contributed by atoms with Gasteiger partial charge in [0.1, 0.15) is 11.9 Å². The Hall–Kier alpha value is -1.70. The molecule has 2 N–H and O–H groups in total. The summed E-state index contributed by atoms with van der Waals surface area (Å²) in [4.78, 5) is 25.5. The Bertz CT molecular complexity index is 559. The Morgan fingerprint density at radius 2 is 2.22 bits per heavy atom. The number of halogens is 2. The molecule has 128 valence electrons. The van der Waals surface area contributed by atoms with Crippen LogP contribution in [-0.2, 0) is 14.3 Å². The van der Waals surface area contributed by atoms with Crippen molar-refractivity contribution in [3.05, 3.63) is 30.1 Å². The average Bonchev–Trinajstić information content (AvgIpc) is 2.46. The predicted octanol–water partition coefficient (Wildman–Crippen LogP) is 1.02. The molecule has 1 aliphatic rings. The molecule has 1 aromatic rings. The highest BCUT2D eigenvalue weighted by Crippen LogP contribution is 2.10. The molecule has 1 aromatic carbocycles. The van der Waals surface area contributed by atoms with Gasteiger partial charge in [0.05, 0.1) is 19.3 Å². The van der Waals surface area contributed by atoms with Crippen molar-refractivity contribution in [3.8, 4) is 0 Å². The molecule has 1 aliphatic heterocycles. The monoisotopic (exact) mass is 345 g/mol. The minimum atomic E-state index is -0.458. The van der Waals surface area contributed by atoms with E-state index in [2.05, 4.69) is 10.6 Å². The van der Waals surface area contributed by atoms with Gasteiger partial charge in [-0.15, -0.1) is 12.4 Å². The van der Waals surface area contributed by atoms with Gasteiger partial charge in [0, 0.05) is 19.3 Å². The lowest BCUT2D eigenvalue weighted by Crippen LogP contribution is -2.56. The highest BCUT2D eigenvalue weighted by molar-refractivity contribution is 5.95. The number of carbonyl (C=O) groups excluding carboxylic acids is 2. The van der Waals surface area contributed by atoms with Gasteiger partial charge in [-0.3, -0.25) is 9.59 Å². The third-order valence-electron chi connectivity index (χ3n) is 3.45. The molecule has 0 saturated carbocycles. The Balaban J connectivity index is 0.00000264. The summed E-state index contributed by atoms with van der Waals surface area (Å²) < 4.78 is 18.5. The Morgan fingerprint density at radius 1 is 1.48 bits per heavy atom. The number of likely N-dealkylation sites (N-methyl/N-ethyl adjacent to an activating group) is 1. The molecule has 0 aromatic heterocycles. The molecule has 23 heavy (non-hydrogen) atoms. The van der Waals surface area contributed by atoms with E-state index < -0.39 is 11.9 Å². The Kier molecular flexibility index (Phi) is 7.41. The molecule has 2 atom stereocenters. The van der Waals surface area contributed by atoms with Crippen molar-refractivity contribution >= 4 is 29.9 Å². The minimum absolute atomic E-state index is 0. The van der Waals surface area contributed by atoms with Crippen LogP contribution in [-0.4, -0.2) is 55.6 Å². The van der Waals surface area contributed by atoms with E-state index in [4.69, 9.17) is 4.74 Å². The first kappa shape index (κ1) is 19.3. The average molecular weight is 346 g/mol. The molecule has 2 rings (SSSR count). The lowest BCUT2D eigenvalue weighted by molar-refractivity contribution is -0.140. The molecule has 0 bridgehead atoms. The van der Waals surface area contributed by atoms with Crippen LogP contribution in [0.5, 0.6) is 0 Å². The maximum Gasteiger partial charge on any atom is 0.243 e. The highest BCUT2D eigenvalue weighted by Gasteiger charge is 2.31. The van der Waals surface area contributed by atoms with Crippen LogP contribution >= 0.6 is 12.4 Å². The van der Waals surface area contributed by atoms with Gasteiger partial charge in [-0.2, -0.15) is 0 Å². The van der Waals surface area contributed by atoms with Crippen LogP contribution in [0, 0.1) is 5.82 Å². The van der Waals surface area contributed by atoms with Crippen LogP contribution in [0.3, 0.4) is 0 Å². The molecule has 0 unspecified atom stereocenters. The summed E-state index contributed by atoms with van der Waals surface area (Å²) in [6.07, 6.45) is -0.241. The fourth-order valence-corrected chi connectivity index (χ4v) is 2.31. The zero-order chi connectivity index (χ0) is 16.1. The van der Waals surface area contributed by atoms with E-state index in [0.717, 1.165) is 0 Å². The number of amides is 2. The quantitative estimate of drug-likeness (QED) is 0.855. The van der Waals surface area contributed by atoms with E-state index in [-0.39, 0.29) is 36.9 Å². The normalized spacial score (nSPS) is 20.3. The van der Waals surface area contributed by atoms with Gasteiger partial charge >= 0.3 is 0 Å². The predicted molar refractivity (Wildman–Crippen MR) is 87.1 cm³/mol. The van der Waals surface area contributed by atoms with Crippen LogP contribution in [0.1, 0.15) is 6.92 Å². The number of anilines is 1. The first-order chi connectivity index (χ1) is 10.5. The summed E-state index contributed by atoms with van der Waals surface area (Å²) in [5.41, 5.74) is 0.360. The molecule has 1 heterocycles. The number of rotatable bonds is 4. The molecule has 0 radical (unpaired) electrons. The first-order valence-electron chi connectivity index (χ1n) is 7.13. The minimum Gasteiger partial charge on any atom is -0.375 e. The fraction of sp³-hybridized carbons (Fsp3) is 0.467. The van der Waals surface area contributed by atoms with Crippen LogP contribution in [0.15, 0.2) is 24.3 Å². The molecular weight excluding hydrogens is 325 g/mol. The number of carbonyl (C=O) groups is 2. The molecule has 1 fully saturated rings. The van der Waals surface area contributed by atoms with Gasteiger partial charge in [0.15, 0.2) is 0 Å². The zero-order valence-electron chi connectivity index (χ0n) is 13.0. The molecule has 1 saturated heterocycles. The van der Waals surface area contributed by atoms with Gasteiger partial charge in [0.2, 0.25) is 11.8 Å². The van der Waals surface area contributed by atoms with E-state index in [9.17, 15) is 14.0 Å². The molecule has 0 aliphatic carbocycles. The summed E-state index contributed by atoms with van der Waals surface area (Å²) in [5.74, 6) is -1.02. The van der Waals surface area contributed by atoms with Crippen molar-refractivity contribution in [2.45, 2.75) is 19.1 Å². The van der Waals surface area contributed by atoms with E-state index in [1.807, 2.05) is 6.92 Å². The van der Waals surface area contributed by atoms with Crippen molar-refractivity contribution < 1.29 is 18.7 Å². The lowest BCUT2D eigenvalue weighted by atomic mass is 10.1. The number of morpholine rings is 1. The van der Waals surface area contributed by atoms with Gasteiger partial charge < -0.3 is 20.3 Å². The van der Waals surface area contributed by atoms with Crippen LogP contribution in [0.4, 0.5) is 10.1 Å². The number of ether oxygens (including phenoxy) is 1. The number of benzene rings is 1. The van der Waals surface area contributed by atoms with Crippen molar-refractivity contribution in [1.29, 1.82) is 0 Å². The largest absolute Gasteiger partial charge is 0.375 e. The summed E-state index contributed by atoms with van der Waals surface area (Å²) in [5, 5.41) is 5.64. The summed E-state index contributed by atoms with van der Waals surface area (Å²) in [6.45, 7) is 2.87. The van der Waals surface area contributed by atoms with Gasteiger partial charge in [-0.25, -0.2) is 4.39 Å². The highest BCUT2D eigenvalue weighted by atomic mass is 35.5. The van der Waals surface area contributed by atoms with Gasteiger partial charge in [-0.1, -0.05) is 6.07 Å². The molecule has 8 heteroatoms. The van der Waals surface area contributed by atoms with Gasteiger partial charge in [-0.05, 0) is 25.1 Å². The van der Waals surface area contributed by atoms with E-state index >= 15 is 0 Å². The second-order valence-corrected chi connectivity index (χ2v) is 5.26. The second-order valence-electron chi connectivity index (χ2n) is 5.26. The topological polar surface area (TPSA) is 70.7 Å². The van der Waals surface area contributed by atoms with E-state index in [1.54, 1.807) is 13.1 Å². The molecule has 2 amide bonds.